The molecule has 0 nitrogen and oxygen atoms in total. The molecule has 0 aliphatic carbocycles. The highest BCUT2D eigenvalue weighted by molar-refractivity contribution is 5.15. The van der Waals surface area contributed by atoms with Crippen LogP contribution in [0.5, 0.6) is 0 Å². The fourth-order valence-electron chi connectivity index (χ4n) is 1.76. The predicted molar refractivity (Wildman–Crippen MR) is 59.6 cm³/mol. The summed E-state index contributed by atoms with van der Waals surface area (Å²) in [4.78, 5) is 0. The van der Waals surface area contributed by atoms with Crippen molar-refractivity contribution in [2.45, 2.75) is 44.5 Å². The van der Waals surface area contributed by atoms with Crippen LogP contribution in [0.1, 0.15) is 31.7 Å². The second-order valence-electron chi connectivity index (χ2n) is 4.28. The Morgan fingerprint density at radius 2 is 1.59 bits per heavy atom. The molecule has 1 aromatic carbocycles. The van der Waals surface area contributed by atoms with Crippen molar-refractivity contribution in [3.8, 4) is 0 Å². The van der Waals surface area contributed by atoms with E-state index in [9.17, 15) is 17.6 Å². The molecule has 0 fully saturated rings. The molecule has 1 rings (SSSR count). The average molecular weight is 248 g/mol. The molecule has 0 radical (unpaired) electrons. The number of aryl methyl sites for hydroxylation is 1. The lowest BCUT2D eigenvalue weighted by Gasteiger charge is -2.25. The molecular weight excluding hydrogens is 232 g/mol. The molecule has 0 saturated carbocycles. The molecule has 0 heterocycles. The highest BCUT2D eigenvalue weighted by Gasteiger charge is 2.41. The summed E-state index contributed by atoms with van der Waals surface area (Å²) >= 11 is 0. The molecule has 96 valence electrons. The fourth-order valence-corrected chi connectivity index (χ4v) is 1.76. The maximum atomic E-state index is 14.0. The second kappa shape index (κ2) is 5.52. The normalized spacial score (nSPS) is 15.6. The van der Waals surface area contributed by atoms with E-state index >= 15 is 0 Å². The van der Waals surface area contributed by atoms with Crippen LogP contribution >= 0.6 is 0 Å². The third-order valence-corrected chi connectivity index (χ3v) is 2.86. The monoisotopic (exact) mass is 248 g/mol. The zero-order valence-corrected chi connectivity index (χ0v) is 9.73. The van der Waals surface area contributed by atoms with Crippen molar-refractivity contribution in [1.82, 2.24) is 0 Å². The van der Waals surface area contributed by atoms with Crippen molar-refractivity contribution in [2.75, 3.05) is 0 Å². The van der Waals surface area contributed by atoms with Crippen LogP contribution in [0.15, 0.2) is 30.3 Å². The van der Waals surface area contributed by atoms with Crippen LogP contribution in [0.25, 0.3) is 0 Å². The third kappa shape index (κ3) is 5.20. The van der Waals surface area contributed by atoms with E-state index in [1.54, 1.807) is 24.3 Å². The van der Waals surface area contributed by atoms with Crippen LogP contribution in [0.3, 0.4) is 0 Å². The molecule has 1 atom stereocenters. The van der Waals surface area contributed by atoms with E-state index in [2.05, 4.69) is 0 Å². The number of alkyl halides is 4. The van der Waals surface area contributed by atoms with Gasteiger partial charge in [0, 0.05) is 0 Å². The standard InChI is InChI=1S/C13H16F4/c1-2-12(14,10-13(15,16)17)9-8-11-6-4-3-5-7-11/h3-7H,2,8-10H2,1H3. The summed E-state index contributed by atoms with van der Waals surface area (Å²) in [5, 5.41) is 0. The highest BCUT2D eigenvalue weighted by Crippen LogP contribution is 2.35. The van der Waals surface area contributed by atoms with Crippen LogP contribution in [-0.2, 0) is 6.42 Å². The van der Waals surface area contributed by atoms with Gasteiger partial charge in [-0.1, -0.05) is 37.3 Å². The van der Waals surface area contributed by atoms with Crippen LogP contribution in [0.2, 0.25) is 0 Å². The van der Waals surface area contributed by atoms with Gasteiger partial charge in [-0.3, -0.25) is 0 Å². The van der Waals surface area contributed by atoms with Gasteiger partial charge in [0.2, 0.25) is 0 Å². The molecule has 0 aliphatic rings. The van der Waals surface area contributed by atoms with Gasteiger partial charge in [0.15, 0.2) is 0 Å². The van der Waals surface area contributed by atoms with E-state index < -0.39 is 18.3 Å². The lowest BCUT2D eigenvalue weighted by Crippen LogP contribution is -2.30. The van der Waals surface area contributed by atoms with E-state index in [4.69, 9.17) is 0 Å². The summed E-state index contributed by atoms with van der Waals surface area (Å²) < 4.78 is 50.7. The molecular formula is C13H16F4. The quantitative estimate of drug-likeness (QED) is 0.663. The smallest absolute Gasteiger partial charge is 0.244 e. The summed E-state index contributed by atoms with van der Waals surface area (Å²) in [5.41, 5.74) is -1.28. The first kappa shape index (κ1) is 14.0. The summed E-state index contributed by atoms with van der Waals surface area (Å²) in [6.45, 7) is 1.46. The summed E-state index contributed by atoms with van der Waals surface area (Å²) in [7, 11) is 0. The Kier molecular flexibility index (Phi) is 4.54. The van der Waals surface area contributed by atoms with Crippen molar-refractivity contribution in [2.24, 2.45) is 0 Å². The number of rotatable bonds is 5. The fraction of sp³-hybridized carbons (Fsp3) is 0.538. The average Bonchev–Trinajstić information content (AvgIpc) is 2.26. The first-order valence-corrected chi connectivity index (χ1v) is 5.64. The summed E-state index contributed by atoms with van der Waals surface area (Å²) in [6, 6.07) is 9.00. The minimum absolute atomic E-state index is 0.0903. The van der Waals surface area contributed by atoms with Gasteiger partial charge in [-0.05, 0) is 24.8 Å². The van der Waals surface area contributed by atoms with E-state index in [0.717, 1.165) is 5.56 Å². The van der Waals surface area contributed by atoms with Gasteiger partial charge < -0.3 is 0 Å². The zero-order valence-electron chi connectivity index (χ0n) is 9.73. The Hall–Kier alpha value is -1.06. The van der Waals surface area contributed by atoms with Crippen LogP contribution in [0.4, 0.5) is 17.6 Å². The summed E-state index contributed by atoms with van der Waals surface area (Å²) in [5.74, 6) is 0. The predicted octanol–water partition coefficient (Wildman–Crippen LogP) is 4.69. The van der Waals surface area contributed by atoms with Gasteiger partial charge in [-0.2, -0.15) is 13.2 Å². The highest BCUT2D eigenvalue weighted by atomic mass is 19.4. The number of halogens is 4. The van der Waals surface area contributed by atoms with E-state index in [1.807, 2.05) is 6.07 Å². The van der Waals surface area contributed by atoms with Crippen molar-refractivity contribution in [1.29, 1.82) is 0 Å². The van der Waals surface area contributed by atoms with Gasteiger partial charge in [0.25, 0.3) is 0 Å². The molecule has 1 unspecified atom stereocenters. The molecule has 0 saturated heterocycles. The molecule has 0 aliphatic heterocycles. The SMILES string of the molecule is CCC(F)(CCc1ccccc1)CC(F)(F)F. The van der Waals surface area contributed by atoms with E-state index in [0.29, 0.717) is 6.42 Å². The third-order valence-electron chi connectivity index (χ3n) is 2.86. The minimum atomic E-state index is -4.44. The molecule has 0 aromatic heterocycles. The van der Waals surface area contributed by atoms with Crippen LogP contribution < -0.4 is 0 Å². The summed E-state index contributed by atoms with van der Waals surface area (Å²) in [6.07, 6.45) is -5.67. The molecule has 1 aromatic rings. The molecule has 17 heavy (non-hydrogen) atoms. The molecule has 0 N–H and O–H groups in total. The maximum absolute atomic E-state index is 14.0. The topological polar surface area (TPSA) is 0 Å². The minimum Gasteiger partial charge on any atom is -0.244 e. The number of benzene rings is 1. The van der Waals surface area contributed by atoms with E-state index in [1.165, 1.54) is 6.92 Å². The molecule has 4 heteroatoms. The van der Waals surface area contributed by atoms with Gasteiger partial charge in [0.1, 0.15) is 5.67 Å². The maximum Gasteiger partial charge on any atom is 0.392 e. The van der Waals surface area contributed by atoms with Crippen molar-refractivity contribution in [3.05, 3.63) is 35.9 Å². The van der Waals surface area contributed by atoms with Gasteiger partial charge in [-0.25, -0.2) is 4.39 Å². The zero-order chi connectivity index (χ0) is 12.9. The van der Waals surface area contributed by atoms with Gasteiger partial charge in [0.05, 0.1) is 6.42 Å². The van der Waals surface area contributed by atoms with Crippen molar-refractivity contribution >= 4 is 0 Å². The Bertz CT molecular complexity index is 331. The number of hydrogen-bond donors (Lipinski definition) is 0. The number of hydrogen-bond acceptors (Lipinski definition) is 0. The first-order chi connectivity index (χ1) is 7.85. The lowest BCUT2D eigenvalue weighted by atomic mass is 9.91. The van der Waals surface area contributed by atoms with Crippen LogP contribution in [-0.4, -0.2) is 11.8 Å². The van der Waals surface area contributed by atoms with Crippen LogP contribution in [0, 0.1) is 0 Å². The lowest BCUT2D eigenvalue weighted by molar-refractivity contribution is -0.163. The molecule has 0 bridgehead atoms. The molecule has 0 amide bonds. The Morgan fingerprint density at radius 3 is 2.06 bits per heavy atom. The van der Waals surface area contributed by atoms with Crippen molar-refractivity contribution in [3.63, 3.8) is 0 Å². The first-order valence-electron chi connectivity index (χ1n) is 5.64. The van der Waals surface area contributed by atoms with Gasteiger partial charge >= 0.3 is 6.18 Å². The Morgan fingerprint density at radius 1 is 1.00 bits per heavy atom. The molecule has 0 spiro atoms. The Balaban J connectivity index is 2.58. The van der Waals surface area contributed by atoms with E-state index in [-0.39, 0.29) is 12.8 Å². The second-order valence-corrected chi connectivity index (χ2v) is 4.28. The van der Waals surface area contributed by atoms with Gasteiger partial charge in [-0.15, -0.1) is 0 Å². The Labute approximate surface area is 98.6 Å². The largest absolute Gasteiger partial charge is 0.392 e. The van der Waals surface area contributed by atoms with Crippen molar-refractivity contribution < 1.29 is 17.6 Å².